The van der Waals surface area contributed by atoms with Crippen molar-refractivity contribution in [1.29, 1.82) is 0 Å². The normalized spacial score (nSPS) is 15.5. The van der Waals surface area contributed by atoms with E-state index in [-0.39, 0.29) is 16.8 Å². The summed E-state index contributed by atoms with van der Waals surface area (Å²) in [6.45, 7) is 4.22. The molecule has 3 rings (SSSR count). The second kappa shape index (κ2) is 8.88. The van der Waals surface area contributed by atoms with Crippen LogP contribution in [0.25, 0.3) is 0 Å². The second-order valence-corrected chi connectivity index (χ2v) is 9.43. The van der Waals surface area contributed by atoms with Gasteiger partial charge >= 0.3 is 0 Å². The topological polar surface area (TPSA) is 75.3 Å². The number of benzene rings is 2. The van der Waals surface area contributed by atoms with Crippen molar-refractivity contribution in [2.24, 2.45) is 0 Å². The Bertz CT molecular complexity index is 915. The van der Waals surface area contributed by atoms with Gasteiger partial charge in [-0.3, -0.25) is 4.79 Å². The van der Waals surface area contributed by atoms with Gasteiger partial charge in [-0.15, -0.1) is 0 Å². The molecule has 0 aliphatic heterocycles. The lowest BCUT2D eigenvalue weighted by Crippen LogP contribution is -2.36. The van der Waals surface area contributed by atoms with Gasteiger partial charge in [-0.05, 0) is 54.7 Å². The summed E-state index contributed by atoms with van der Waals surface area (Å²) in [5, 5.41) is 2.83. The average molecular weight is 401 g/mol. The van der Waals surface area contributed by atoms with Gasteiger partial charge in [0, 0.05) is 17.3 Å². The molecule has 0 saturated heterocycles. The molecule has 28 heavy (non-hydrogen) atoms. The number of hydrogen-bond acceptors (Lipinski definition) is 3. The fourth-order valence-corrected chi connectivity index (χ4v) is 4.82. The third-order valence-electron chi connectivity index (χ3n) is 5.17. The van der Waals surface area contributed by atoms with Gasteiger partial charge in [0.25, 0.3) is 5.91 Å². The average Bonchev–Trinajstić information content (AvgIpc) is 2.69. The lowest BCUT2D eigenvalue weighted by atomic mass is 9.96. The molecule has 150 valence electrons. The summed E-state index contributed by atoms with van der Waals surface area (Å²) < 4.78 is 28.2. The Kier molecular flexibility index (Phi) is 6.52. The molecule has 6 heteroatoms. The van der Waals surface area contributed by atoms with Crippen LogP contribution in [0.5, 0.6) is 0 Å². The van der Waals surface area contributed by atoms with Crippen molar-refractivity contribution in [3.05, 3.63) is 59.7 Å². The van der Waals surface area contributed by atoms with Crippen LogP contribution >= 0.6 is 0 Å². The molecular formula is C22H28N2O3S. The second-order valence-electron chi connectivity index (χ2n) is 7.71. The molecule has 1 amide bonds. The Hall–Kier alpha value is -2.18. The molecule has 1 aliphatic rings. The number of nitrogens with one attached hydrogen (secondary N) is 2. The van der Waals surface area contributed by atoms with E-state index in [9.17, 15) is 13.2 Å². The molecule has 0 unspecified atom stereocenters. The van der Waals surface area contributed by atoms with Gasteiger partial charge in [0.2, 0.25) is 10.0 Å². The fraction of sp³-hybridized carbons (Fsp3) is 0.409. The number of amides is 1. The van der Waals surface area contributed by atoms with Crippen molar-refractivity contribution in [3.63, 3.8) is 0 Å². The standard InChI is InChI=1S/C22H28N2O3S/c1-16(2)17-11-13-19(14-12-17)23-22(25)18-7-6-10-21(15-18)28(26,27)24-20-8-4-3-5-9-20/h6-7,10-16,20,24H,3-5,8-9H2,1-2H3,(H,23,25). The van der Waals surface area contributed by atoms with Gasteiger partial charge in [0.1, 0.15) is 0 Å². The molecule has 5 nitrogen and oxygen atoms in total. The predicted molar refractivity (Wildman–Crippen MR) is 112 cm³/mol. The third kappa shape index (κ3) is 5.20. The van der Waals surface area contributed by atoms with Crippen LogP contribution in [0, 0.1) is 0 Å². The zero-order chi connectivity index (χ0) is 20.1. The maximum absolute atomic E-state index is 12.7. The molecule has 0 radical (unpaired) electrons. The van der Waals surface area contributed by atoms with Gasteiger partial charge in [-0.2, -0.15) is 0 Å². The van der Waals surface area contributed by atoms with E-state index in [0.717, 1.165) is 32.1 Å². The van der Waals surface area contributed by atoms with E-state index in [1.54, 1.807) is 12.1 Å². The quantitative estimate of drug-likeness (QED) is 0.740. The summed E-state index contributed by atoms with van der Waals surface area (Å²) in [5.74, 6) is 0.0929. The van der Waals surface area contributed by atoms with Crippen LogP contribution in [0.3, 0.4) is 0 Å². The van der Waals surface area contributed by atoms with E-state index in [2.05, 4.69) is 23.9 Å². The van der Waals surface area contributed by atoms with Crippen LogP contribution in [0.1, 0.15) is 67.8 Å². The van der Waals surface area contributed by atoms with Crippen molar-refractivity contribution in [2.45, 2.75) is 62.8 Å². The molecule has 2 aromatic carbocycles. The van der Waals surface area contributed by atoms with Gasteiger partial charge in [-0.25, -0.2) is 13.1 Å². The maximum Gasteiger partial charge on any atom is 0.255 e. The van der Waals surface area contributed by atoms with Gasteiger partial charge in [0.05, 0.1) is 4.90 Å². The van der Waals surface area contributed by atoms with Crippen molar-refractivity contribution in [2.75, 3.05) is 5.32 Å². The monoisotopic (exact) mass is 400 g/mol. The SMILES string of the molecule is CC(C)c1ccc(NC(=O)c2cccc(S(=O)(=O)NC3CCCCC3)c2)cc1. The minimum absolute atomic E-state index is 0.0179. The summed E-state index contributed by atoms with van der Waals surface area (Å²) in [5.41, 5.74) is 2.20. The highest BCUT2D eigenvalue weighted by Gasteiger charge is 2.22. The first-order valence-corrected chi connectivity index (χ1v) is 11.4. The van der Waals surface area contributed by atoms with E-state index in [0.29, 0.717) is 17.2 Å². The molecule has 0 aromatic heterocycles. The smallest absolute Gasteiger partial charge is 0.255 e. The number of carbonyl (C=O) groups is 1. The van der Waals surface area contributed by atoms with Crippen molar-refractivity contribution in [3.8, 4) is 0 Å². The first-order chi connectivity index (χ1) is 13.3. The summed E-state index contributed by atoms with van der Waals surface area (Å²) in [6, 6.07) is 13.9. The molecule has 2 N–H and O–H groups in total. The number of rotatable bonds is 6. The lowest BCUT2D eigenvalue weighted by Gasteiger charge is -2.22. The molecule has 0 atom stereocenters. The Morgan fingerprint density at radius 2 is 1.68 bits per heavy atom. The Labute approximate surface area is 167 Å². The van der Waals surface area contributed by atoms with Crippen LogP contribution in [-0.4, -0.2) is 20.4 Å². The minimum atomic E-state index is -3.63. The lowest BCUT2D eigenvalue weighted by molar-refractivity contribution is 0.102. The van der Waals surface area contributed by atoms with Gasteiger partial charge in [0.15, 0.2) is 0 Å². The maximum atomic E-state index is 12.7. The third-order valence-corrected chi connectivity index (χ3v) is 6.69. The Balaban J connectivity index is 1.71. The molecular weight excluding hydrogens is 372 g/mol. The van der Waals surface area contributed by atoms with Gasteiger partial charge in [-0.1, -0.05) is 51.3 Å². The van der Waals surface area contributed by atoms with Crippen LogP contribution in [-0.2, 0) is 10.0 Å². The molecule has 1 fully saturated rings. The summed E-state index contributed by atoms with van der Waals surface area (Å²) in [7, 11) is -3.63. The number of carbonyl (C=O) groups excluding carboxylic acids is 1. The van der Waals surface area contributed by atoms with E-state index in [1.165, 1.54) is 17.7 Å². The van der Waals surface area contributed by atoms with Crippen LogP contribution in [0.4, 0.5) is 5.69 Å². The zero-order valence-corrected chi connectivity index (χ0v) is 17.3. The van der Waals surface area contributed by atoms with E-state index in [1.807, 2.05) is 24.3 Å². The van der Waals surface area contributed by atoms with Crippen LogP contribution in [0.2, 0.25) is 0 Å². The Morgan fingerprint density at radius 3 is 2.32 bits per heavy atom. The molecule has 0 spiro atoms. The molecule has 0 heterocycles. The minimum Gasteiger partial charge on any atom is -0.322 e. The van der Waals surface area contributed by atoms with E-state index < -0.39 is 10.0 Å². The fourth-order valence-electron chi connectivity index (χ4n) is 3.47. The van der Waals surface area contributed by atoms with Crippen molar-refractivity contribution in [1.82, 2.24) is 4.72 Å². The molecule has 2 aromatic rings. The van der Waals surface area contributed by atoms with E-state index in [4.69, 9.17) is 0 Å². The Morgan fingerprint density at radius 1 is 1.00 bits per heavy atom. The van der Waals surface area contributed by atoms with Crippen LogP contribution < -0.4 is 10.0 Å². The van der Waals surface area contributed by atoms with Crippen molar-refractivity contribution < 1.29 is 13.2 Å². The van der Waals surface area contributed by atoms with Crippen LogP contribution in [0.15, 0.2) is 53.4 Å². The predicted octanol–water partition coefficient (Wildman–Crippen LogP) is 4.67. The zero-order valence-electron chi connectivity index (χ0n) is 16.4. The largest absolute Gasteiger partial charge is 0.322 e. The van der Waals surface area contributed by atoms with Gasteiger partial charge < -0.3 is 5.32 Å². The number of sulfonamides is 1. The highest BCUT2D eigenvalue weighted by molar-refractivity contribution is 7.89. The van der Waals surface area contributed by atoms with E-state index >= 15 is 0 Å². The summed E-state index contributed by atoms with van der Waals surface area (Å²) in [4.78, 5) is 12.7. The van der Waals surface area contributed by atoms with Crippen molar-refractivity contribution >= 4 is 21.6 Å². The highest BCUT2D eigenvalue weighted by Crippen LogP contribution is 2.21. The number of anilines is 1. The summed E-state index contributed by atoms with van der Waals surface area (Å²) >= 11 is 0. The molecule has 1 saturated carbocycles. The first kappa shape index (κ1) is 20.6. The number of hydrogen-bond donors (Lipinski definition) is 2. The highest BCUT2D eigenvalue weighted by atomic mass is 32.2. The molecule has 1 aliphatic carbocycles. The molecule has 0 bridgehead atoms. The first-order valence-electron chi connectivity index (χ1n) is 9.89. The summed E-state index contributed by atoms with van der Waals surface area (Å²) in [6.07, 6.45) is 4.99.